The van der Waals surface area contributed by atoms with Crippen LogP contribution in [0.4, 0.5) is 0 Å². The van der Waals surface area contributed by atoms with Crippen LogP contribution in [0.5, 0.6) is 5.75 Å². The Hall–Kier alpha value is -2.25. The summed E-state index contributed by atoms with van der Waals surface area (Å²) in [6, 6.07) is 9.44. The van der Waals surface area contributed by atoms with Crippen LogP contribution in [0.3, 0.4) is 0 Å². The molecule has 0 bridgehead atoms. The lowest BCUT2D eigenvalue weighted by atomic mass is 9.95. The maximum atomic E-state index is 13.1. The van der Waals surface area contributed by atoms with E-state index in [4.69, 9.17) is 39.5 Å². The smallest absolute Gasteiger partial charge is 0.273 e. The third-order valence-electron chi connectivity index (χ3n) is 4.87. The van der Waals surface area contributed by atoms with E-state index in [9.17, 15) is 9.90 Å². The van der Waals surface area contributed by atoms with E-state index < -0.39 is 6.04 Å². The van der Waals surface area contributed by atoms with Gasteiger partial charge in [-0.25, -0.2) is 0 Å². The maximum absolute atomic E-state index is 13.1. The van der Waals surface area contributed by atoms with Gasteiger partial charge in [-0.15, -0.1) is 0 Å². The van der Waals surface area contributed by atoms with E-state index in [0.29, 0.717) is 50.7 Å². The lowest BCUT2D eigenvalue weighted by Gasteiger charge is -2.26. The van der Waals surface area contributed by atoms with Crippen LogP contribution in [-0.2, 0) is 4.74 Å². The number of nitrogens with one attached hydrogen (secondary N) is 1. The molecule has 1 amide bonds. The molecule has 2 N–H and O–H groups in total. The lowest BCUT2D eigenvalue weighted by molar-refractivity contribution is 0.0677. The monoisotopic (exact) mass is 451 g/mol. The van der Waals surface area contributed by atoms with Gasteiger partial charge in [-0.05, 0) is 35.9 Å². The Morgan fingerprint density at radius 3 is 2.69 bits per heavy atom. The SMILES string of the molecule is COCCN1C(=O)c2[nH]nc(-c3cc(Cl)ccc3O)c2C1c1ccc(Cl)c(Cl)c1. The summed E-state index contributed by atoms with van der Waals surface area (Å²) in [4.78, 5) is 14.8. The number of carbonyl (C=O) groups is 1. The average molecular weight is 453 g/mol. The number of methoxy groups -OCH3 is 1. The van der Waals surface area contributed by atoms with Gasteiger partial charge in [0.1, 0.15) is 17.1 Å². The third kappa shape index (κ3) is 3.46. The van der Waals surface area contributed by atoms with Gasteiger partial charge < -0.3 is 14.7 Å². The van der Waals surface area contributed by atoms with E-state index in [2.05, 4.69) is 10.2 Å². The highest BCUT2D eigenvalue weighted by molar-refractivity contribution is 6.42. The number of hydrogen-bond acceptors (Lipinski definition) is 4. The summed E-state index contributed by atoms with van der Waals surface area (Å²) in [6.45, 7) is 0.725. The number of benzene rings is 2. The summed E-state index contributed by atoms with van der Waals surface area (Å²) in [7, 11) is 1.57. The first-order chi connectivity index (χ1) is 13.9. The number of rotatable bonds is 5. The quantitative estimate of drug-likeness (QED) is 0.575. The maximum Gasteiger partial charge on any atom is 0.273 e. The van der Waals surface area contributed by atoms with Crippen LogP contribution in [0, 0.1) is 0 Å². The summed E-state index contributed by atoms with van der Waals surface area (Å²) in [5.41, 5.74) is 2.64. The third-order valence-corrected chi connectivity index (χ3v) is 5.85. The molecule has 0 spiro atoms. The van der Waals surface area contributed by atoms with Gasteiger partial charge in [-0.3, -0.25) is 9.89 Å². The Kier molecular flexibility index (Phi) is 5.44. The molecule has 0 saturated carbocycles. The molecule has 1 aliphatic rings. The van der Waals surface area contributed by atoms with Gasteiger partial charge in [0.15, 0.2) is 0 Å². The molecule has 0 aliphatic carbocycles. The van der Waals surface area contributed by atoms with E-state index in [-0.39, 0.29) is 11.7 Å². The zero-order valence-electron chi connectivity index (χ0n) is 15.2. The second-order valence-electron chi connectivity index (χ2n) is 6.59. The van der Waals surface area contributed by atoms with Gasteiger partial charge in [-0.2, -0.15) is 5.10 Å². The Bertz CT molecular complexity index is 1100. The number of ether oxygens (including phenoxy) is 1. The van der Waals surface area contributed by atoms with Crippen LogP contribution in [0.1, 0.15) is 27.7 Å². The van der Waals surface area contributed by atoms with Crippen molar-refractivity contribution in [2.24, 2.45) is 0 Å². The van der Waals surface area contributed by atoms with Gasteiger partial charge in [0.25, 0.3) is 5.91 Å². The Labute approximate surface area is 182 Å². The lowest BCUT2D eigenvalue weighted by Crippen LogP contribution is -2.32. The molecular formula is C20H16Cl3N3O3. The van der Waals surface area contributed by atoms with E-state index in [0.717, 1.165) is 5.56 Å². The molecule has 2 aromatic carbocycles. The van der Waals surface area contributed by atoms with Crippen LogP contribution < -0.4 is 0 Å². The summed E-state index contributed by atoms with van der Waals surface area (Å²) in [5, 5.41) is 18.8. The molecule has 29 heavy (non-hydrogen) atoms. The highest BCUT2D eigenvalue weighted by Crippen LogP contribution is 2.45. The molecule has 0 fully saturated rings. The zero-order chi connectivity index (χ0) is 20.7. The molecule has 4 rings (SSSR count). The molecule has 9 heteroatoms. The van der Waals surface area contributed by atoms with E-state index >= 15 is 0 Å². The minimum Gasteiger partial charge on any atom is -0.507 e. The molecule has 150 valence electrons. The van der Waals surface area contributed by atoms with Crippen LogP contribution in [0.15, 0.2) is 36.4 Å². The predicted octanol–water partition coefficient (Wildman–Crippen LogP) is 4.93. The number of aromatic amines is 1. The number of phenols is 1. The van der Waals surface area contributed by atoms with Gasteiger partial charge in [0, 0.05) is 29.8 Å². The van der Waals surface area contributed by atoms with Crippen LogP contribution in [0.25, 0.3) is 11.3 Å². The van der Waals surface area contributed by atoms with Crippen molar-refractivity contribution in [1.29, 1.82) is 0 Å². The van der Waals surface area contributed by atoms with Crippen molar-refractivity contribution in [3.05, 3.63) is 68.3 Å². The molecule has 0 radical (unpaired) electrons. The molecule has 1 unspecified atom stereocenters. The highest BCUT2D eigenvalue weighted by atomic mass is 35.5. The number of aromatic hydroxyl groups is 1. The molecule has 1 aliphatic heterocycles. The van der Waals surface area contributed by atoms with Crippen molar-refractivity contribution in [1.82, 2.24) is 15.1 Å². The standard InChI is InChI=1S/C20H16Cl3N3O3/c1-29-7-6-26-19(10-2-4-13(22)14(23)8-10)16-17(24-25-18(16)20(26)28)12-9-11(21)3-5-15(12)27/h2-5,8-9,19,27H,6-7H2,1H3,(H,24,25). The van der Waals surface area contributed by atoms with Crippen molar-refractivity contribution in [2.45, 2.75) is 6.04 Å². The average Bonchev–Trinajstić information content (AvgIpc) is 3.23. The predicted molar refractivity (Wildman–Crippen MR) is 112 cm³/mol. The summed E-state index contributed by atoms with van der Waals surface area (Å²) in [6.07, 6.45) is 0. The number of nitrogens with zero attached hydrogens (tertiary/aromatic N) is 2. The summed E-state index contributed by atoms with van der Waals surface area (Å²) >= 11 is 18.5. The molecule has 2 heterocycles. The largest absolute Gasteiger partial charge is 0.507 e. The van der Waals surface area contributed by atoms with Crippen molar-refractivity contribution < 1.29 is 14.6 Å². The Morgan fingerprint density at radius 2 is 1.97 bits per heavy atom. The number of H-pyrrole nitrogens is 1. The van der Waals surface area contributed by atoms with Crippen LogP contribution >= 0.6 is 34.8 Å². The first kappa shape index (κ1) is 20.0. The fourth-order valence-corrected chi connectivity index (χ4v) is 4.03. The minimum absolute atomic E-state index is 0.0133. The molecule has 3 aromatic rings. The first-order valence-corrected chi connectivity index (χ1v) is 9.87. The summed E-state index contributed by atoms with van der Waals surface area (Å²) in [5.74, 6) is -0.201. The van der Waals surface area contributed by atoms with E-state index in [1.54, 1.807) is 36.3 Å². The van der Waals surface area contributed by atoms with Gasteiger partial charge in [-0.1, -0.05) is 40.9 Å². The number of hydrogen-bond donors (Lipinski definition) is 2. The van der Waals surface area contributed by atoms with Crippen molar-refractivity contribution >= 4 is 40.7 Å². The fraction of sp³-hybridized carbons (Fsp3) is 0.200. The molecule has 1 aromatic heterocycles. The minimum atomic E-state index is -0.477. The van der Waals surface area contributed by atoms with Crippen LogP contribution in [-0.4, -0.2) is 46.4 Å². The van der Waals surface area contributed by atoms with Gasteiger partial charge in [0.05, 0.1) is 22.7 Å². The fourth-order valence-electron chi connectivity index (χ4n) is 3.55. The number of aromatic nitrogens is 2. The highest BCUT2D eigenvalue weighted by Gasteiger charge is 2.42. The molecule has 6 nitrogen and oxygen atoms in total. The number of amides is 1. The number of carbonyl (C=O) groups excluding carboxylic acids is 1. The second kappa shape index (κ2) is 7.88. The normalized spacial score (nSPS) is 15.8. The second-order valence-corrected chi connectivity index (χ2v) is 7.84. The molecule has 0 saturated heterocycles. The van der Waals surface area contributed by atoms with Crippen molar-refractivity contribution in [3.63, 3.8) is 0 Å². The molecular weight excluding hydrogens is 437 g/mol. The zero-order valence-corrected chi connectivity index (χ0v) is 17.5. The number of phenolic OH excluding ortho intramolecular Hbond substituents is 1. The Morgan fingerprint density at radius 1 is 1.17 bits per heavy atom. The van der Waals surface area contributed by atoms with Gasteiger partial charge in [0.2, 0.25) is 0 Å². The van der Waals surface area contributed by atoms with E-state index in [1.165, 1.54) is 6.07 Å². The number of fused-ring (bicyclic) bond motifs is 1. The summed E-state index contributed by atoms with van der Waals surface area (Å²) < 4.78 is 5.18. The topological polar surface area (TPSA) is 78.5 Å². The number of halogens is 3. The molecule has 1 atom stereocenters. The van der Waals surface area contributed by atoms with E-state index in [1.807, 2.05) is 6.07 Å². The first-order valence-electron chi connectivity index (χ1n) is 8.74. The van der Waals surface area contributed by atoms with Crippen molar-refractivity contribution in [2.75, 3.05) is 20.3 Å². The van der Waals surface area contributed by atoms with Crippen LogP contribution in [0.2, 0.25) is 15.1 Å². The van der Waals surface area contributed by atoms with Gasteiger partial charge >= 0.3 is 0 Å². The van der Waals surface area contributed by atoms with Crippen molar-refractivity contribution in [3.8, 4) is 17.0 Å². The Balaban J connectivity index is 1.91.